The van der Waals surface area contributed by atoms with Gasteiger partial charge in [-0.25, -0.2) is 3.63 Å². The summed E-state index contributed by atoms with van der Waals surface area (Å²) in [5.41, 5.74) is 1.47. The molecule has 1 N–H and O–H groups in total. The first-order chi connectivity index (χ1) is 19.2. The maximum Gasteiger partial charge on any atom is 0.432 e. The molecule has 232 valence electrons. The standard InChI is InChI=1S/C30H42F4O5S2/c1-4-5-8-38-28-17(2)11-21(12-18(28)3)40(9-6-7-10-40)39-41(36,37)30(33,34)29(31,32)24-15-19-13-22(24)27-23-14-20(26(19)27)16-25(23)35/h11-12,19-20,22-27,35H,4-10,13-16H2,1-3H3. The Hall–Kier alpha value is -1.04. The lowest BCUT2D eigenvalue weighted by Gasteiger charge is -2.44. The Labute approximate surface area is 242 Å². The summed E-state index contributed by atoms with van der Waals surface area (Å²) in [5, 5.41) is 5.06. The molecule has 41 heavy (non-hydrogen) atoms. The summed E-state index contributed by atoms with van der Waals surface area (Å²) in [6.45, 7) is 6.19. The monoisotopic (exact) mass is 622 g/mol. The van der Waals surface area contributed by atoms with Gasteiger partial charge in [-0.2, -0.15) is 26.0 Å². The van der Waals surface area contributed by atoms with Gasteiger partial charge in [0.1, 0.15) is 5.75 Å². The van der Waals surface area contributed by atoms with E-state index in [0.717, 1.165) is 30.4 Å². The van der Waals surface area contributed by atoms with Crippen molar-refractivity contribution in [3.8, 4) is 5.75 Å². The van der Waals surface area contributed by atoms with Crippen LogP contribution in [0.25, 0.3) is 0 Å². The van der Waals surface area contributed by atoms with Gasteiger partial charge in [0, 0.05) is 22.3 Å². The SMILES string of the molecule is CCCCOc1c(C)cc(S2(OS(=O)(=O)C(F)(F)C(F)(F)C3CC4CC3C3C5CC(CC5O)C43)CCCC2)cc1C. The first-order valence-electron chi connectivity index (χ1n) is 15.2. The number of aliphatic hydroxyl groups excluding tert-OH is 1. The van der Waals surface area contributed by atoms with Crippen molar-refractivity contribution in [3.63, 3.8) is 0 Å². The summed E-state index contributed by atoms with van der Waals surface area (Å²) in [4.78, 5) is 0.481. The number of fused-ring (bicyclic) bond motifs is 9. The minimum absolute atomic E-state index is 0.0981. The molecule has 0 radical (unpaired) electrons. The fraction of sp³-hybridized carbons (Fsp3) is 0.800. The van der Waals surface area contributed by atoms with Gasteiger partial charge in [0.15, 0.2) is 0 Å². The van der Waals surface area contributed by atoms with Crippen molar-refractivity contribution in [1.29, 1.82) is 0 Å². The lowest BCUT2D eigenvalue weighted by Crippen LogP contribution is -2.55. The molecule has 1 aromatic rings. The van der Waals surface area contributed by atoms with Crippen molar-refractivity contribution >= 4 is 20.4 Å². The first kappa shape index (κ1) is 30.0. The number of ether oxygens (including phenoxy) is 1. The molecule has 5 nitrogen and oxygen atoms in total. The highest BCUT2D eigenvalue weighted by atomic mass is 32.3. The van der Waals surface area contributed by atoms with Crippen LogP contribution in [0, 0.1) is 55.3 Å². The third-order valence-corrected chi connectivity index (χ3v) is 16.6. The molecule has 4 saturated carbocycles. The number of unbranched alkanes of at least 4 members (excludes halogenated alkanes) is 1. The number of aryl methyl sites for hydroxylation is 2. The molecule has 1 saturated heterocycles. The lowest BCUT2D eigenvalue weighted by atomic mass is 9.65. The summed E-state index contributed by atoms with van der Waals surface area (Å²) in [6.07, 6.45) is 4.11. The summed E-state index contributed by atoms with van der Waals surface area (Å²) >= 11 is 0. The molecule has 0 spiro atoms. The Morgan fingerprint density at radius 2 is 1.56 bits per heavy atom. The second-order valence-corrected chi connectivity index (χ2v) is 18.2. The zero-order chi connectivity index (χ0) is 29.5. The van der Waals surface area contributed by atoms with E-state index in [-0.39, 0.29) is 47.5 Å². The molecule has 1 aliphatic heterocycles. The third kappa shape index (κ3) is 4.48. The Kier molecular flexibility index (Phi) is 7.51. The first-order valence-corrected chi connectivity index (χ1v) is 18.5. The van der Waals surface area contributed by atoms with E-state index in [4.69, 9.17) is 8.37 Å². The van der Waals surface area contributed by atoms with Crippen LogP contribution < -0.4 is 4.74 Å². The van der Waals surface area contributed by atoms with Crippen molar-refractivity contribution in [2.75, 3.05) is 18.1 Å². The largest absolute Gasteiger partial charge is 0.493 e. The number of benzene rings is 1. The van der Waals surface area contributed by atoms with Gasteiger partial charge in [0.25, 0.3) is 0 Å². The zero-order valence-electron chi connectivity index (χ0n) is 24.0. The normalized spacial score (nSPS) is 36.6. The summed E-state index contributed by atoms with van der Waals surface area (Å²) < 4.78 is 101. The third-order valence-electron chi connectivity index (χ3n) is 11.0. The van der Waals surface area contributed by atoms with Crippen LogP contribution in [-0.2, 0) is 13.7 Å². The maximum atomic E-state index is 15.9. The Balaban J connectivity index is 1.26. The molecule has 1 heterocycles. The van der Waals surface area contributed by atoms with E-state index in [1.807, 2.05) is 20.8 Å². The molecule has 4 bridgehead atoms. The molecule has 6 rings (SSSR count). The number of hydrogen-bond acceptors (Lipinski definition) is 5. The van der Waals surface area contributed by atoms with Crippen molar-refractivity contribution in [1.82, 2.24) is 0 Å². The maximum absolute atomic E-state index is 15.9. The lowest BCUT2D eigenvalue weighted by molar-refractivity contribution is -0.210. The van der Waals surface area contributed by atoms with Crippen LogP contribution in [0.5, 0.6) is 5.75 Å². The van der Waals surface area contributed by atoms with E-state index in [9.17, 15) is 13.5 Å². The summed E-state index contributed by atoms with van der Waals surface area (Å²) in [7, 11) is -8.77. The van der Waals surface area contributed by atoms with Crippen molar-refractivity contribution in [2.24, 2.45) is 41.4 Å². The van der Waals surface area contributed by atoms with E-state index in [1.54, 1.807) is 12.1 Å². The predicted molar refractivity (Wildman–Crippen MR) is 150 cm³/mol. The molecule has 8 atom stereocenters. The van der Waals surface area contributed by atoms with Gasteiger partial charge in [-0.15, -0.1) is 0 Å². The van der Waals surface area contributed by atoms with E-state index in [2.05, 4.69) is 0 Å². The van der Waals surface area contributed by atoms with Crippen LogP contribution in [-0.4, -0.2) is 48.9 Å². The van der Waals surface area contributed by atoms with Crippen LogP contribution >= 0.6 is 10.3 Å². The molecule has 5 fully saturated rings. The minimum Gasteiger partial charge on any atom is -0.493 e. The highest BCUT2D eigenvalue weighted by molar-refractivity contribution is 8.33. The smallest absolute Gasteiger partial charge is 0.432 e. The fourth-order valence-electron chi connectivity index (χ4n) is 9.37. The van der Waals surface area contributed by atoms with Gasteiger partial charge in [-0.05, 0) is 118 Å². The van der Waals surface area contributed by atoms with Crippen LogP contribution in [0.3, 0.4) is 0 Å². The minimum atomic E-state index is -5.99. The summed E-state index contributed by atoms with van der Waals surface area (Å²) in [6, 6.07) is 3.44. The average Bonchev–Trinajstić information content (AvgIpc) is 3.71. The van der Waals surface area contributed by atoms with Crippen molar-refractivity contribution < 1.29 is 39.5 Å². The molecule has 0 aromatic heterocycles. The second kappa shape index (κ2) is 10.3. The van der Waals surface area contributed by atoms with Gasteiger partial charge >= 0.3 is 21.3 Å². The molecule has 4 aliphatic carbocycles. The van der Waals surface area contributed by atoms with Crippen molar-refractivity contribution in [2.45, 2.75) is 94.3 Å². The summed E-state index contributed by atoms with van der Waals surface area (Å²) in [5.74, 6) is -6.15. The van der Waals surface area contributed by atoms with Crippen LogP contribution in [0.2, 0.25) is 0 Å². The number of alkyl halides is 4. The number of halogens is 4. The van der Waals surface area contributed by atoms with E-state index >= 15 is 17.6 Å². The zero-order valence-corrected chi connectivity index (χ0v) is 25.6. The van der Waals surface area contributed by atoms with Gasteiger partial charge in [0.05, 0.1) is 12.7 Å². The quantitative estimate of drug-likeness (QED) is 0.170. The van der Waals surface area contributed by atoms with Gasteiger partial charge in [-0.3, -0.25) is 0 Å². The predicted octanol–water partition coefficient (Wildman–Crippen LogP) is 7.22. The highest BCUT2D eigenvalue weighted by Gasteiger charge is 2.76. The highest BCUT2D eigenvalue weighted by Crippen LogP contribution is 2.72. The van der Waals surface area contributed by atoms with Gasteiger partial charge in [-0.1, -0.05) is 23.7 Å². The molecule has 8 unspecified atom stereocenters. The number of hydrogen-bond donors (Lipinski definition) is 1. The number of rotatable bonds is 10. The molecule has 1 aromatic carbocycles. The molecular weight excluding hydrogens is 580 g/mol. The molecule has 11 heteroatoms. The van der Waals surface area contributed by atoms with Gasteiger partial charge < -0.3 is 9.84 Å². The Morgan fingerprint density at radius 1 is 0.951 bits per heavy atom. The van der Waals surface area contributed by atoms with E-state index in [0.29, 0.717) is 42.9 Å². The van der Waals surface area contributed by atoms with E-state index in [1.165, 1.54) is 0 Å². The van der Waals surface area contributed by atoms with E-state index < -0.39 is 49.5 Å². The second-order valence-electron chi connectivity index (χ2n) is 13.3. The topological polar surface area (TPSA) is 72.8 Å². The molecule has 0 amide bonds. The van der Waals surface area contributed by atoms with Crippen molar-refractivity contribution in [3.05, 3.63) is 23.3 Å². The van der Waals surface area contributed by atoms with Crippen LogP contribution in [0.1, 0.15) is 69.4 Å². The Bertz CT molecular complexity index is 1260. The van der Waals surface area contributed by atoms with Gasteiger partial charge in [0.2, 0.25) is 0 Å². The molecule has 5 aliphatic rings. The Morgan fingerprint density at radius 3 is 2.20 bits per heavy atom. The fourth-order valence-corrected chi connectivity index (χ4v) is 15.2. The van der Waals surface area contributed by atoms with Crippen LogP contribution in [0.15, 0.2) is 17.0 Å². The number of aliphatic hydroxyl groups is 1. The van der Waals surface area contributed by atoms with Crippen LogP contribution in [0.4, 0.5) is 17.6 Å². The molecular formula is C30H42F4O5S2. The average molecular weight is 623 g/mol.